The smallest absolute Gasteiger partial charge is 0.251 e. The lowest BCUT2D eigenvalue weighted by atomic mass is 9.97. The van der Waals surface area contributed by atoms with Crippen molar-refractivity contribution in [3.8, 4) is 28.6 Å². The quantitative estimate of drug-likeness (QED) is 0.320. The van der Waals surface area contributed by atoms with E-state index >= 15 is 0 Å². The van der Waals surface area contributed by atoms with Crippen molar-refractivity contribution in [3.63, 3.8) is 0 Å². The van der Waals surface area contributed by atoms with Crippen LogP contribution in [0.4, 0.5) is 5.95 Å². The molecule has 1 N–H and O–H groups in total. The van der Waals surface area contributed by atoms with Gasteiger partial charge in [0, 0.05) is 49.2 Å². The van der Waals surface area contributed by atoms with Crippen molar-refractivity contribution in [2.75, 3.05) is 38.3 Å². The Kier molecular flexibility index (Phi) is 7.56. The summed E-state index contributed by atoms with van der Waals surface area (Å²) in [6, 6.07) is 15.3. The van der Waals surface area contributed by atoms with Crippen molar-refractivity contribution in [1.29, 1.82) is 0 Å². The number of nitrogens with one attached hydrogen (secondary N) is 1. The first-order valence-corrected chi connectivity index (χ1v) is 13.8. The van der Waals surface area contributed by atoms with Crippen LogP contribution in [0.2, 0.25) is 0 Å². The lowest BCUT2D eigenvalue weighted by Crippen LogP contribution is -2.39. The predicted molar refractivity (Wildman–Crippen MR) is 151 cm³/mol. The molecule has 1 aliphatic carbocycles. The van der Waals surface area contributed by atoms with Crippen LogP contribution in [0.25, 0.3) is 17.1 Å². The van der Waals surface area contributed by atoms with Gasteiger partial charge in [-0.05, 0) is 67.9 Å². The number of benzene rings is 2. The van der Waals surface area contributed by atoms with Gasteiger partial charge < -0.3 is 19.7 Å². The minimum Gasteiger partial charge on any atom is -0.497 e. The molecule has 40 heavy (non-hydrogen) atoms. The van der Waals surface area contributed by atoms with Crippen LogP contribution in [-0.2, 0) is 0 Å². The van der Waals surface area contributed by atoms with E-state index < -0.39 is 0 Å². The summed E-state index contributed by atoms with van der Waals surface area (Å²) in [5.74, 6) is 3.50. The number of aromatic nitrogens is 5. The molecule has 6 rings (SSSR count). The van der Waals surface area contributed by atoms with E-state index in [0.29, 0.717) is 53.8 Å². The standard InChI is InChI=1S/C30H33N7O3/c1-39-26-15-24(16-27(17-26)40-19-22-6-7-22)29(38)31-18-21-8-12-36(13-9-21)30-33-20-32-28(35-30)23-4-2-5-25(14-23)37-11-3-10-34-37/h2-5,10-11,14-17,20-22H,6-9,12-13,18-19H2,1H3,(H,31,38). The molecule has 2 fully saturated rings. The monoisotopic (exact) mass is 539 g/mol. The molecular weight excluding hydrogens is 506 g/mol. The van der Waals surface area contributed by atoms with Crippen molar-refractivity contribution in [2.24, 2.45) is 11.8 Å². The third-order valence-electron chi connectivity index (χ3n) is 7.44. The number of methoxy groups -OCH3 is 1. The number of ether oxygens (including phenoxy) is 2. The highest BCUT2D eigenvalue weighted by molar-refractivity contribution is 5.95. The van der Waals surface area contributed by atoms with Crippen molar-refractivity contribution < 1.29 is 14.3 Å². The Bertz CT molecular complexity index is 1450. The summed E-state index contributed by atoms with van der Waals surface area (Å²) >= 11 is 0. The Labute approximate surface area is 233 Å². The van der Waals surface area contributed by atoms with Gasteiger partial charge in [0.05, 0.1) is 19.4 Å². The van der Waals surface area contributed by atoms with E-state index in [1.54, 1.807) is 31.8 Å². The van der Waals surface area contributed by atoms with E-state index in [1.165, 1.54) is 12.8 Å². The molecule has 1 amide bonds. The molecule has 2 aromatic heterocycles. The first-order valence-electron chi connectivity index (χ1n) is 13.8. The van der Waals surface area contributed by atoms with E-state index in [4.69, 9.17) is 14.5 Å². The predicted octanol–water partition coefficient (Wildman–Crippen LogP) is 4.17. The van der Waals surface area contributed by atoms with Crippen LogP contribution in [0.1, 0.15) is 36.0 Å². The second kappa shape index (κ2) is 11.7. The van der Waals surface area contributed by atoms with Crippen LogP contribution in [0.5, 0.6) is 11.5 Å². The highest BCUT2D eigenvalue weighted by Gasteiger charge is 2.24. The van der Waals surface area contributed by atoms with Gasteiger partial charge in [-0.25, -0.2) is 14.6 Å². The van der Waals surface area contributed by atoms with Crippen molar-refractivity contribution in [3.05, 3.63) is 72.8 Å². The van der Waals surface area contributed by atoms with E-state index in [1.807, 2.05) is 47.3 Å². The van der Waals surface area contributed by atoms with Gasteiger partial charge >= 0.3 is 0 Å². The molecular formula is C30H33N7O3. The Hall–Kier alpha value is -4.47. The van der Waals surface area contributed by atoms with E-state index in [-0.39, 0.29) is 5.91 Å². The summed E-state index contributed by atoms with van der Waals surface area (Å²) in [5, 5.41) is 7.42. The fourth-order valence-electron chi connectivity index (χ4n) is 4.87. The lowest BCUT2D eigenvalue weighted by Gasteiger charge is -2.32. The first kappa shape index (κ1) is 25.8. The average molecular weight is 540 g/mol. The van der Waals surface area contributed by atoms with Crippen molar-refractivity contribution >= 4 is 11.9 Å². The molecule has 10 heteroatoms. The summed E-state index contributed by atoms with van der Waals surface area (Å²) in [6.07, 6.45) is 9.53. The van der Waals surface area contributed by atoms with Crippen LogP contribution < -0.4 is 19.7 Å². The SMILES string of the molecule is COc1cc(OCC2CC2)cc(C(=O)NCC2CCN(c3ncnc(-c4cccc(-n5cccn5)c4)n3)CC2)c1. The maximum atomic E-state index is 13.0. The summed E-state index contributed by atoms with van der Waals surface area (Å²) < 4.78 is 13.1. The third-order valence-corrected chi connectivity index (χ3v) is 7.44. The van der Waals surface area contributed by atoms with Crippen LogP contribution >= 0.6 is 0 Å². The molecule has 1 aliphatic heterocycles. The molecule has 2 aliphatic rings. The summed E-state index contributed by atoms with van der Waals surface area (Å²) in [5.41, 5.74) is 2.41. The van der Waals surface area contributed by atoms with Gasteiger partial charge in [0.15, 0.2) is 5.82 Å². The van der Waals surface area contributed by atoms with Gasteiger partial charge in [-0.3, -0.25) is 4.79 Å². The largest absolute Gasteiger partial charge is 0.497 e. The van der Waals surface area contributed by atoms with Gasteiger partial charge in [0.1, 0.15) is 17.8 Å². The molecule has 0 atom stereocenters. The number of carbonyl (C=O) groups excluding carboxylic acids is 1. The number of piperidine rings is 1. The zero-order valence-corrected chi connectivity index (χ0v) is 22.6. The van der Waals surface area contributed by atoms with Crippen molar-refractivity contribution in [2.45, 2.75) is 25.7 Å². The zero-order valence-electron chi connectivity index (χ0n) is 22.6. The summed E-state index contributed by atoms with van der Waals surface area (Å²) in [7, 11) is 1.60. The average Bonchev–Trinajstić information content (AvgIpc) is 3.68. The van der Waals surface area contributed by atoms with Crippen LogP contribution in [0.15, 0.2) is 67.3 Å². The Morgan fingerprint density at radius 2 is 1.85 bits per heavy atom. The number of carbonyl (C=O) groups is 1. The molecule has 0 unspecified atom stereocenters. The second-order valence-corrected chi connectivity index (χ2v) is 10.4. The Morgan fingerprint density at radius 3 is 2.62 bits per heavy atom. The number of nitrogens with zero attached hydrogens (tertiary/aromatic N) is 6. The topological polar surface area (TPSA) is 107 Å². The van der Waals surface area contributed by atoms with Gasteiger partial charge in [0.2, 0.25) is 5.95 Å². The highest BCUT2D eigenvalue weighted by atomic mass is 16.5. The summed E-state index contributed by atoms with van der Waals surface area (Å²) in [4.78, 5) is 28.8. The molecule has 1 saturated heterocycles. The maximum absolute atomic E-state index is 13.0. The van der Waals surface area contributed by atoms with Gasteiger partial charge in [0.25, 0.3) is 5.91 Å². The maximum Gasteiger partial charge on any atom is 0.251 e. The number of hydrogen-bond acceptors (Lipinski definition) is 8. The van der Waals surface area contributed by atoms with E-state index in [9.17, 15) is 4.79 Å². The molecule has 1 saturated carbocycles. The number of rotatable bonds is 10. The van der Waals surface area contributed by atoms with Crippen LogP contribution in [-0.4, -0.2) is 64.0 Å². The third kappa shape index (κ3) is 6.22. The Morgan fingerprint density at radius 1 is 1.00 bits per heavy atom. The van der Waals surface area contributed by atoms with Crippen LogP contribution in [0.3, 0.4) is 0 Å². The lowest BCUT2D eigenvalue weighted by molar-refractivity contribution is 0.0944. The van der Waals surface area contributed by atoms with Gasteiger partial charge in [-0.2, -0.15) is 10.1 Å². The minimum atomic E-state index is -0.114. The molecule has 10 nitrogen and oxygen atoms in total. The normalized spacial score (nSPS) is 15.6. The number of hydrogen-bond donors (Lipinski definition) is 1. The molecule has 0 bridgehead atoms. The van der Waals surface area contributed by atoms with E-state index in [0.717, 1.165) is 37.2 Å². The minimum absolute atomic E-state index is 0.114. The highest BCUT2D eigenvalue weighted by Crippen LogP contribution is 2.31. The Balaban J connectivity index is 1.04. The van der Waals surface area contributed by atoms with Gasteiger partial charge in [-0.1, -0.05) is 12.1 Å². The van der Waals surface area contributed by atoms with Gasteiger partial charge in [-0.15, -0.1) is 0 Å². The van der Waals surface area contributed by atoms with Crippen LogP contribution in [0, 0.1) is 11.8 Å². The number of amides is 1. The summed E-state index contributed by atoms with van der Waals surface area (Å²) in [6.45, 7) is 2.93. The molecule has 2 aromatic carbocycles. The van der Waals surface area contributed by atoms with Crippen molar-refractivity contribution in [1.82, 2.24) is 30.0 Å². The molecule has 206 valence electrons. The number of anilines is 1. The molecule has 3 heterocycles. The fourth-order valence-corrected chi connectivity index (χ4v) is 4.87. The molecule has 0 radical (unpaired) electrons. The second-order valence-electron chi connectivity index (χ2n) is 10.4. The zero-order chi connectivity index (χ0) is 27.3. The first-order chi connectivity index (χ1) is 19.6. The molecule has 0 spiro atoms. The fraction of sp³-hybridized carbons (Fsp3) is 0.367. The molecule has 4 aromatic rings. The van der Waals surface area contributed by atoms with E-state index in [2.05, 4.69) is 25.3 Å².